The molecule has 0 spiro atoms. The number of aromatic nitrogens is 2. The molecule has 2 aromatic heterocycles. The molecule has 5 atom stereocenters. The van der Waals surface area contributed by atoms with Crippen LogP contribution in [0.2, 0.25) is 0 Å². The summed E-state index contributed by atoms with van der Waals surface area (Å²) in [5.41, 5.74) is -3.43. The van der Waals surface area contributed by atoms with E-state index in [4.69, 9.17) is 53.7 Å². The van der Waals surface area contributed by atoms with Crippen molar-refractivity contribution in [3.05, 3.63) is 56.9 Å². The molecule has 36 heteroatoms. The van der Waals surface area contributed by atoms with Gasteiger partial charge in [-0.15, -0.1) is 0 Å². The molecule has 6 heterocycles. The maximum atomic E-state index is 14.5. The summed E-state index contributed by atoms with van der Waals surface area (Å²) in [4.78, 5) is 182. The lowest BCUT2D eigenvalue weighted by Gasteiger charge is -2.47. The Kier molecular flexibility index (Phi) is 47.5. The Hall–Kier alpha value is -9.56. The first-order valence-electron chi connectivity index (χ1n) is 31.4. The Morgan fingerprint density at radius 1 is 0.630 bits per heavy atom. The number of cyclic esters (lactones) is 1. The predicted molar refractivity (Wildman–Crippen MR) is 357 cm³/mol. The number of fused-ring (bicyclic) bond motifs is 5. The van der Waals surface area contributed by atoms with E-state index in [0.29, 0.717) is 53.5 Å². The molecule has 7 rings (SSSR count). The van der Waals surface area contributed by atoms with Gasteiger partial charge in [0.25, 0.3) is 5.56 Å². The zero-order valence-corrected chi connectivity index (χ0v) is 57.6. The number of carbonyl (C=O) groups excluding carboxylic acids is 11. The number of esters is 2. The molecule has 4 aliphatic rings. The quantitative estimate of drug-likeness (QED) is 0.0327. The topological polar surface area (TPSA) is 592 Å². The number of carboxylic acid groups (broad SMARTS) is 3. The third-order valence-corrected chi connectivity index (χ3v) is 15.8. The largest absolute Gasteiger partial charge is 0.480 e. The van der Waals surface area contributed by atoms with Gasteiger partial charge in [-0.25, -0.2) is 14.6 Å². The third-order valence-electron chi connectivity index (χ3n) is 15.8. The van der Waals surface area contributed by atoms with Crippen LogP contribution in [0.3, 0.4) is 0 Å². The van der Waals surface area contributed by atoms with Gasteiger partial charge in [0, 0.05) is 35.6 Å². The highest BCUT2D eigenvalue weighted by atomic mass is 16.6. The number of nitrogens with zero attached hydrogens (tertiary/aromatic N) is 4. The van der Waals surface area contributed by atoms with Gasteiger partial charge in [0.1, 0.15) is 65.7 Å². The molecule has 0 radical (unpaired) electrons. The number of ether oxygens (including phenoxy) is 3. The number of hydrogen-bond acceptors (Lipinski definition) is 24. The lowest BCUT2D eigenvalue weighted by molar-refractivity contribution is -0.200. The van der Waals surface area contributed by atoms with Gasteiger partial charge in [-0.1, -0.05) is 61.8 Å². The number of benzene rings is 1. The molecule has 100 heavy (non-hydrogen) atoms. The SMILES string of the molecule is C=O.C=O.C=O.C=O.CC.CC.CC.CCc1c2c(nc3ccc(OC(=O)N4CCC(N5CCCCC5)CC4)cc13)-c1cc3c(c(=O)n1C2)COC(=O)[C@@]3(CC)OC(=O)CNC(=O)CC(O)C(C(O)CC(=O)NCC(=O)O)(C(O)CC(=O)NCC(=O)O)C(O)CC(=O)NCC(=O)O.O.O.O. The van der Waals surface area contributed by atoms with Crippen LogP contribution < -0.4 is 31.6 Å². The number of nitrogens with one attached hydrogen (secondary N) is 4. The van der Waals surface area contributed by atoms with E-state index in [1.165, 1.54) is 36.8 Å². The summed E-state index contributed by atoms with van der Waals surface area (Å²) in [6.07, 6.45) is -10.6. The molecule has 3 aromatic rings. The van der Waals surface area contributed by atoms with Gasteiger partial charge < -0.3 is 121 Å². The molecule has 17 N–H and O–H groups in total. The highest BCUT2D eigenvalue weighted by Gasteiger charge is 2.57. The summed E-state index contributed by atoms with van der Waals surface area (Å²) in [5.74, 6) is -12.0. The summed E-state index contributed by atoms with van der Waals surface area (Å²) in [5, 5.41) is 82.4. The zero-order chi connectivity index (χ0) is 74.5. The first-order chi connectivity index (χ1) is 46.4. The second-order valence-corrected chi connectivity index (χ2v) is 20.8. The normalized spacial score (nSPS) is 16.1. The van der Waals surface area contributed by atoms with Crippen LogP contribution >= 0.6 is 0 Å². The molecule has 2 saturated heterocycles. The lowest BCUT2D eigenvalue weighted by Crippen LogP contribution is -2.63. The Morgan fingerprint density at radius 2 is 1.06 bits per heavy atom. The van der Waals surface area contributed by atoms with Crippen molar-refractivity contribution >= 4 is 97.6 Å². The fourth-order valence-electron chi connectivity index (χ4n) is 11.6. The van der Waals surface area contributed by atoms with Crippen molar-refractivity contribution in [2.24, 2.45) is 5.41 Å². The smallest absolute Gasteiger partial charge is 0.415 e. The van der Waals surface area contributed by atoms with Gasteiger partial charge in [0.2, 0.25) is 29.2 Å². The van der Waals surface area contributed by atoms with Crippen molar-refractivity contribution in [3.63, 3.8) is 0 Å². The maximum absolute atomic E-state index is 14.5. The van der Waals surface area contributed by atoms with E-state index in [0.717, 1.165) is 31.5 Å². The van der Waals surface area contributed by atoms with Crippen LogP contribution in [0.5, 0.6) is 5.75 Å². The summed E-state index contributed by atoms with van der Waals surface area (Å²) in [7, 11) is 0. The highest BCUT2D eigenvalue weighted by Crippen LogP contribution is 2.44. The maximum Gasteiger partial charge on any atom is 0.415 e. The van der Waals surface area contributed by atoms with Gasteiger partial charge in [0.15, 0.2) is 0 Å². The number of aliphatic hydroxyl groups is 4. The first kappa shape index (κ1) is 96.8. The van der Waals surface area contributed by atoms with Crippen molar-refractivity contribution in [1.29, 1.82) is 0 Å². The van der Waals surface area contributed by atoms with Crippen LogP contribution in [0.25, 0.3) is 22.3 Å². The van der Waals surface area contributed by atoms with E-state index in [1.807, 2.05) is 91.6 Å². The molecular formula is C64H100N8O28. The molecule has 0 aliphatic carbocycles. The highest BCUT2D eigenvalue weighted by molar-refractivity contribution is 5.92. The number of likely N-dealkylation sites (tertiary alicyclic amines) is 2. The third kappa shape index (κ3) is 25.0. The predicted octanol–water partition coefficient (Wildman–Crippen LogP) is -1.78. The van der Waals surface area contributed by atoms with Crippen molar-refractivity contribution in [2.75, 3.05) is 52.4 Å². The summed E-state index contributed by atoms with van der Waals surface area (Å²) < 4.78 is 18.6. The van der Waals surface area contributed by atoms with Gasteiger partial charge in [-0.2, -0.15) is 0 Å². The van der Waals surface area contributed by atoms with E-state index in [1.54, 1.807) is 23.1 Å². The van der Waals surface area contributed by atoms with Gasteiger partial charge >= 0.3 is 35.9 Å². The van der Waals surface area contributed by atoms with E-state index in [2.05, 4.69) is 10.2 Å². The first-order valence-corrected chi connectivity index (χ1v) is 31.4. The number of carboxylic acids is 3. The second kappa shape index (κ2) is 49.0. The fraction of sp³-hybridized carbons (Fsp3) is 0.562. The Labute approximate surface area is 577 Å². The van der Waals surface area contributed by atoms with Gasteiger partial charge in [-0.3, -0.25) is 43.2 Å². The minimum Gasteiger partial charge on any atom is -0.480 e. The molecule has 0 bridgehead atoms. The standard InChI is InChI=1S/C54H68N8O21.3C2H6.4CH2O.3H2O/c1-3-30-31-16-29(82-52(80)61-14-10-28(11-15-61)60-12-6-5-7-13-60)8-9-35(31)59-49-32(30)26-62-36(49)17-34-33(50(62)78)27-81-51(79)53(34,4-2)83-48(77)25-58-44(70)21-40(66)54(37(63)18-41(67)55-22-45(71)72,38(64)19-42(68)56-23-46(73)74)39(65)20-43(69)57-24-47(75)76;7*1-2;;;/h8-9,16-17,28,37-40,63-66H,3-7,10-15,18-27H2,1-2H3,(H,55,67)(H,56,68)(H,57,69)(H,58,70)(H,71,72)(H,73,74)(H,75,76);3*1-2H3;4*1H2;3*1H2/t37?,38?,39?,40?,53-,54?;;;;;;;;;;/m0........../s1. The number of piperidine rings is 2. The number of pyridine rings is 2. The van der Waals surface area contributed by atoms with Crippen molar-refractivity contribution in [3.8, 4) is 17.1 Å². The van der Waals surface area contributed by atoms with E-state index in [9.17, 15) is 73.2 Å². The number of carbonyl (C=O) groups is 14. The Bertz CT molecular complexity index is 3090. The van der Waals surface area contributed by atoms with Crippen molar-refractivity contribution in [1.82, 2.24) is 40.6 Å². The van der Waals surface area contributed by atoms with Gasteiger partial charge in [0.05, 0.1) is 84.5 Å². The Balaban J connectivity index is -0.00000255. The number of hydrogen-bond donors (Lipinski definition) is 11. The summed E-state index contributed by atoms with van der Waals surface area (Å²) in [6, 6.07) is 7.01. The van der Waals surface area contributed by atoms with E-state index < -0.39 is 159 Å². The number of aryl methyl sites for hydroxylation is 1. The van der Waals surface area contributed by atoms with E-state index in [-0.39, 0.29) is 46.2 Å². The molecule has 2 fully saturated rings. The van der Waals surface area contributed by atoms with Crippen LogP contribution in [-0.2, 0) is 97.0 Å². The van der Waals surface area contributed by atoms with Crippen LogP contribution in [-0.4, -0.2) is 241 Å². The van der Waals surface area contributed by atoms with Crippen molar-refractivity contribution < 1.29 is 134 Å². The van der Waals surface area contributed by atoms with E-state index >= 15 is 0 Å². The average molecular weight is 1430 g/mol. The minimum atomic E-state index is -3.16. The number of rotatable bonds is 25. The molecule has 5 amide bonds. The average Bonchev–Trinajstić information content (AvgIpc) is 1.50. The molecule has 1 aromatic carbocycles. The fourth-order valence-corrected chi connectivity index (χ4v) is 11.6. The number of aliphatic carboxylic acids is 3. The van der Waals surface area contributed by atoms with Crippen molar-refractivity contribution in [2.45, 2.75) is 175 Å². The molecule has 4 aliphatic heterocycles. The second-order valence-electron chi connectivity index (χ2n) is 20.8. The summed E-state index contributed by atoms with van der Waals surface area (Å²) in [6.45, 7) is 22.1. The molecule has 0 saturated carbocycles. The number of amides is 5. The van der Waals surface area contributed by atoms with Crippen LogP contribution in [0.15, 0.2) is 29.1 Å². The number of aliphatic hydroxyl groups excluding tert-OH is 4. The molecule has 564 valence electrons. The van der Waals surface area contributed by atoms with Crippen LogP contribution in [0.1, 0.15) is 142 Å². The van der Waals surface area contributed by atoms with Crippen LogP contribution in [0.4, 0.5) is 4.79 Å². The summed E-state index contributed by atoms with van der Waals surface area (Å²) >= 11 is 0. The lowest BCUT2D eigenvalue weighted by atomic mass is 9.64. The van der Waals surface area contributed by atoms with Gasteiger partial charge in [-0.05, 0) is 81.4 Å². The monoisotopic (exact) mass is 1430 g/mol. The molecule has 4 unspecified atom stereocenters. The Morgan fingerprint density at radius 3 is 1.47 bits per heavy atom. The molecular weight excluding hydrogens is 1330 g/mol. The zero-order valence-electron chi connectivity index (χ0n) is 57.6. The van der Waals surface area contributed by atoms with Crippen LogP contribution in [0, 0.1) is 5.41 Å². The minimum absolute atomic E-state index is 0. The molecule has 36 nitrogen and oxygen atoms in total.